The van der Waals surface area contributed by atoms with Gasteiger partial charge in [-0.2, -0.15) is 0 Å². The Bertz CT molecular complexity index is 298. The molecule has 0 aliphatic carbocycles. The second kappa shape index (κ2) is 8.37. The monoisotopic (exact) mass is 255 g/mol. The molecule has 2 nitrogen and oxygen atoms in total. The van der Waals surface area contributed by atoms with E-state index in [-0.39, 0.29) is 0 Å². The zero-order valence-corrected chi connectivity index (χ0v) is 11.5. The van der Waals surface area contributed by atoms with Crippen molar-refractivity contribution in [3.63, 3.8) is 0 Å². The summed E-state index contributed by atoms with van der Waals surface area (Å²) in [6.07, 6.45) is 0.930. The largest absolute Gasteiger partial charge is 0.383 e. The van der Waals surface area contributed by atoms with Crippen LogP contribution in [0.1, 0.15) is 19.4 Å². The highest BCUT2D eigenvalue weighted by molar-refractivity contribution is 6.17. The van der Waals surface area contributed by atoms with Crippen LogP contribution in [0.4, 0.5) is 5.69 Å². The number of halogens is 1. The second-order valence-electron chi connectivity index (χ2n) is 4.53. The van der Waals surface area contributed by atoms with Gasteiger partial charge < -0.3 is 10.1 Å². The molecule has 1 aromatic carbocycles. The molecule has 0 atom stereocenters. The van der Waals surface area contributed by atoms with Gasteiger partial charge in [0.25, 0.3) is 0 Å². The first-order valence-corrected chi connectivity index (χ1v) is 6.72. The smallest absolute Gasteiger partial charge is 0.0639 e. The molecule has 17 heavy (non-hydrogen) atoms. The lowest BCUT2D eigenvalue weighted by molar-refractivity contribution is 0.118. The van der Waals surface area contributed by atoms with Crippen LogP contribution in [0.3, 0.4) is 0 Å². The molecule has 0 unspecified atom stereocenters. The van der Waals surface area contributed by atoms with Gasteiger partial charge >= 0.3 is 0 Å². The van der Waals surface area contributed by atoms with Gasteiger partial charge in [0.2, 0.25) is 0 Å². The van der Waals surface area contributed by atoms with Gasteiger partial charge in [-0.05, 0) is 30.0 Å². The van der Waals surface area contributed by atoms with Crippen LogP contribution in [0, 0.1) is 5.92 Å². The Morgan fingerprint density at radius 2 is 1.94 bits per heavy atom. The highest BCUT2D eigenvalue weighted by Crippen LogP contribution is 2.10. The molecule has 1 N–H and O–H groups in total. The summed E-state index contributed by atoms with van der Waals surface area (Å²) in [4.78, 5) is 0. The second-order valence-corrected chi connectivity index (χ2v) is 4.91. The van der Waals surface area contributed by atoms with Crippen LogP contribution < -0.4 is 5.32 Å². The van der Waals surface area contributed by atoms with Gasteiger partial charge in [0.1, 0.15) is 0 Å². The molecular weight excluding hydrogens is 234 g/mol. The van der Waals surface area contributed by atoms with Crippen molar-refractivity contribution < 1.29 is 4.74 Å². The molecule has 96 valence electrons. The van der Waals surface area contributed by atoms with Crippen LogP contribution in [-0.4, -0.2) is 25.6 Å². The van der Waals surface area contributed by atoms with E-state index in [1.54, 1.807) is 0 Å². The highest BCUT2D eigenvalue weighted by atomic mass is 35.5. The number of alkyl halides is 1. The molecule has 0 saturated heterocycles. The minimum absolute atomic E-state index is 0.602. The molecule has 0 saturated carbocycles. The molecule has 1 aromatic rings. The molecule has 0 fully saturated rings. The molecule has 0 aromatic heterocycles. The number of aryl methyl sites for hydroxylation is 1. The third kappa shape index (κ3) is 6.54. The molecule has 3 heteroatoms. The average Bonchev–Trinajstić information content (AvgIpc) is 2.31. The first-order valence-electron chi connectivity index (χ1n) is 6.19. The van der Waals surface area contributed by atoms with Gasteiger partial charge in [-0.25, -0.2) is 0 Å². The van der Waals surface area contributed by atoms with E-state index in [2.05, 4.69) is 43.4 Å². The van der Waals surface area contributed by atoms with Gasteiger partial charge in [-0.3, -0.25) is 0 Å². The standard InChI is InChI=1S/C14H22ClNO/c1-12(2)11-17-10-9-16-14-5-3-13(4-6-14)7-8-15/h3-6,12,16H,7-11H2,1-2H3. The van der Waals surface area contributed by atoms with Crippen molar-refractivity contribution in [3.8, 4) is 0 Å². The zero-order chi connectivity index (χ0) is 12.5. The summed E-state index contributed by atoms with van der Waals surface area (Å²) in [6, 6.07) is 8.40. The van der Waals surface area contributed by atoms with E-state index in [0.29, 0.717) is 11.8 Å². The number of anilines is 1. The van der Waals surface area contributed by atoms with E-state index in [0.717, 1.165) is 31.9 Å². The van der Waals surface area contributed by atoms with Crippen LogP contribution in [0.15, 0.2) is 24.3 Å². The minimum Gasteiger partial charge on any atom is -0.383 e. The third-order valence-corrected chi connectivity index (χ3v) is 2.55. The van der Waals surface area contributed by atoms with Crippen molar-refractivity contribution in [2.24, 2.45) is 5.92 Å². The van der Waals surface area contributed by atoms with Crippen LogP contribution in [-0.2, 0) is 11.2 Å². The van der Waals surface area contributed by atoms with Crippen molar-refractivity contribution >= 4 is 17.3 Å². The van der Waals surface area contributed by atoms with Crippen molar-refractivity contribution in [1.29, 1.82) is 0 Å². The fourth-order valence-electron chi connectivity index (χ4n) is 1.48. The topological polar surface area (TPSA) is 21.3 Å². The van der Waals surface area contributed by atoms with Crippen LogP contribution in [0.5, 0.6) is 0 Å². The summed E-state index contributed by atoms with van der Waals surface area (Å²) in [6.45, 7) is 6.74. The Balaban J connectivity index is 2.18. The molecule has 0 amide bonds. The number of hydrogen-bond donors (Lipinski definition) is 1. The lowest BCUT2D eigenvalue weighted by Gasteiger charge is -2.09. The Morgan fingerprint density at radius 3 is 2.53 bits per heavy atom. The van der Waals surface area contributed by atoms with Gasteiger partial charge in [0.15, 0.2) is 0 Å². The number of hydrogen-bond acceptors (Lipinski definition) is 2. The van der Waals surface area contributed by atoms with E-state index in [1.807, 2.05) is 0 Å². The number of benzene rings is 1. The Morgan fingerprint density at radius 1 is 1.24 bits per heavy atom. The lowest BCUT2D eigenvalue weighted by Crippen LogP contribution is -2.12. The molecule has 0 radical (unpaired) electrons. The summed E-state index contributed by atoms with van der Waals surface area (Å²) < 4.78 is 5.50. The van der Waals surface area contributed by atoms with Crippen molar-refractivity contribution in [2.45, 2.75) is 20.3 Å². The molecule has 1 rings (SSSR count). The van der Waals surface area contributed by atoms with Gasteiger partial charge in [0, 0.05) is 24.7 Å². The van der Waals surface area contributed by atoms with E-state index < -0.39 is 0 Å². The van der Waals surface area contributed by atoms with Crippen LogP contribution in [0.25, 0.3) is 0 Å². The summed E-state index contributed by atoms with van der Waals surface area (Å²) in [5.41, 5.74) is 2.41. The molecular formula is C14H22ClNO. The number of ether oxygens (including phenoxy) is 1. The summed E-state index contributed by atoms with van der Waals surface area (Å²) in [7, 11) is 0. The first kappa shape index (κ1) is 14.3. The Hall–Kier alpha value is -0.730. The number of rotatable bonds is 8. The van der Waals surface area contributed by atoms with E-state index in [1.165, 1.54) is 5.56 Å². The normalized spacial score (nSPS) is 10.8. The maximum Gasteiger partial charge on any atom is 0.0639 e. The van der Waals surface area contributed by atoms with Crippen molar-refractivity contribution in [1.82, 2.24) is 0 Å². The van der Waals surface area contributed by atoms with Crippen LogP contribution in [0.2, 0.25) is 0 Å². The summed E-state index contributed by atoms with van der Waals surface area (Å²) >= 11 is 5.69. The SMILES string of the molecule is CC(C)COCCNc1ccc(CCCl)cc1. The summed E-state index contributed by atoms with van der Waals surface area (Å²) in [5.74, 6) is 1.28. The molecule has 0 aliphatic heterocycles. The predicted molar refractivity (Wildman–Crippen MR) is 75.0 cm³/mol. The predicted octanol–water partition coefficient (Wildman–Crippen LogP) is 3.55. The van der Waals surface area contributed by atoms with E-state index in [4.69, 9.17) is 16.3 Å². The van der Waals surface area contributed by atoms with Crippen molar-refractivity contribution in [2.75, 3.05) is 31.0 Å². The maximum atomic E-state index is 5.69. The van der Waals surface area contributed by atoms with Crippen LogP contribution >= 0.6 is 11.6 Å². The maximum absolute atomic E-state index is 5.69. The Kier molecular flexibility index (Phi) is 7.06. The number of nitrogens with one attached hydrogen (secondary N) is 1. The molecule has 0 bridgehead atoms. The fourth-order valence-corrected chi connectivity index (χ4v) is 1.70. The van der Waals surface area contributed by atoms with Gasteiger partial charge in [-0.15, -0.1) is 11.6 Å². The third-order valence-electron chi connectivity index (χ3n) is 2.36. The quantitative estimate of drug-likeness (QED) is 0.567. The van der Waals surface area contributed by atoms with E-state index >= 15 is 0 Å². The Labute approximate surface area is 109 Å². The summed E-state index contributed by atoms with van der Waals surface area (Å²) in [5, 5.41) is 3.33. The molecule has 0 spiro atoms. The fraction of sp³-hybridized carbons (Fsp3) is 0.571. The van der Waals surface area contributed by atoms with Crippen molar-refractivity contribution in [3.05, 3.63) is 29.8 Å². The first-order chi connectivity index (χ1) is 8.22. The molecule has 0 aliphatic rings. The zero-order valence-electron chi connectivity index (χ0n) is 10.7. The average molecular weight is 256 g/mol. The highest BCUT2D eigenvalue weighted by Gasteiger charge is 1.95. The van der Waals surface area contributed by atoms with E-state index in [9.17, 15) is 0 Å². The lowest BCUT2D eigenvalue weighted by atomic mass is 10.1. The minimum atomic E-state index is 0.602. The van der Waals surface area contributed by atoms with Gasteiger partial charge in [-0.1, -0.05) is 26.0 Å². The van der Waals surface area contributed by atoms with Gasteiger partial charge in [0.05, 0.1) is 6.61 Å². The molecule has 0 heterocycles.